The summed E-state index contributed by atoms with van der Waals surface area (Å²) in [5.74, 6) is -1.17. The zero-order valence-corrected chi connectivity index (χ0v) is 12.4. The lowest BCUT2D eigenvalue weighted by molar-refractivity contribution is -0.142. The molecule has 0 aliphatic heterocycles. The second-order valence-corrected chi connectivity index (χ2v) is 4.95. The van der Waals surface area contributed by atoms with Gasteiger partial charge in [-0.15, -0.1) is 0 Å². The van der Waals surface area contributed by atoms with E-state index >= 15 is 0 Å². The minimum Gasteiger partial charge on any atom is -0.480 e. The van der Waals surface area contributed by atoms with Gasteiger partial charge in [0.25, 0.3) is 0 Å². The number of amides is 1. The summed E-state index contributed by atoms with van der Waals surface area (Å²) < 4.78 is 0. The smallest absolute Gasteiger partial charge is 0.326 e. The highest BCUT2D eigenvalue weighted by Crippen LogP contribution is 2.04. The van der Waals surface area contributed by atoms with Crippen molar-refractivity contribution in [1.82, 2.24) is 5.32 Å². The minimum atomic E-state index is -0.961. The van der Waals surface area contributed by atoms with Gasteiger partial charge in [0.15, 0.2) is 0 Å². The van der Waals surface area contributed by atoms with Crippen molar-refractivity contribution >= 4 is 18.0 Å². The zero-order valence-electron chi connectivity index (χ0n) is 12.4. The van der Waals surface area contributed by atoms with Crippen LogP contribution in [0.1, 0.15) is 44.6 Å². The van der Waals surface area contributed by atoms with Crippen molar-refractivity contribution < 1.29 is 14.7 Å². The number of benzene rings is 1. The first kappa shape index (κ1) is 17.0. The van der Waals surface area contributed by atoms with Crippen LogP contribution >= 0.6 is 0 Å². The van der Waals surface area contributed by atoms with E-state index in [2.05, 4.69) is 5.32 Å². The van der Waals surface area contributed by atoms with Crippen LogP contribution in [0.5, 0.6) is 0 Å². The van der Waals surface area contributed by atoms with Gasteiger partial charge in [-0.1, -0.05) is 62.2 Å². The monoisotopic (exact) mass is 289 g/mol. The maximum Gasteiger partial charge on any atom is 0.326 e. The third-order valence-electron chi connectivity index (χ3n) is 3.13. The lowest BCUT2D eigenvalue weighted by Gasteiger charge is -2.13. The first-order valence-corrected chi connectivity index (χ1v) is 7.37. The Labute approximate surface area is 125 Å². The molecule has 0 unspecified atom stereocenters. The van der Waals surface area contributed by atoms with Crippen LogP contribution < -0.4 is 5.32 Å². The maximum absolute atomic E-state index is 11.7. The number of allylic oxidation sites excluding steroid dienone is 1. The average molecular weight is 289 g/mol. The second kappa shape index (κ2) is 9.75. The molecular formula is C17H23NO3. The largest absolute Gasteiger partial charge is 0.480 e. The van der Waals surface area contributed by atoms with Gasteiger partial charge in [-0.25, -0.2) is 4.79 Å². The highest BCUT2D eigenvalue weighted by Gasteiger charge is 2.18. The lowest BCUT2D eigenvalue weighted by atomic mass is 10.1. The van der Waals surface area contributed by atoms with Crippen LogP contribution in [0, 0.1) is 0 Å². The standard InChI is InChI=1S/C17H23NO3/c1-2-3-12-15(17(20)21)18-16(19)13-8-7-11-14-9-5-4-6-10-14/h4-7,9-11,15H,2-3,8,12-13H2,1H3,(H,18,19)(H,20,21)/b11-7+/t15-/m0/s1. The SMILES string of the molecule is CCCC[C@H](NC(=O)CC/C=C/c1ccccc1)C(=O)O. The number of rotatable bonds is 9. The van der Waals surface area contributed by atoms with Crippen molar-refractivity contribution in [2.24, 2.45) is 0 Å². The number of carboxylic acids is 1. The number of hydrogen-bond donors (Lipinski definition) is 2. The summed E-state index contributed by atoms with van der Waals surface area (Å²) >= 11 is 0. The summed E-state index contributed by atoms with van der Waals surface area (Å²) in [7, 11) is 0. The molecule has 1 rings (SSSR count). The van der Waals surface area contributed by atoms with Gasteiger partial charge in [0, 0.05) is 6.42 Å². The van der Waals surface area contributed by atoms with Crippen LogP contribution in [0.3, 0.4) is 0 Å². The van der Waals surface area contributed by atoms with E-state index in [-0.39, 0.29) is 5.91 Å². The summed E-state index contributed by atoms with van der Waals surface area (Å²) in [5.41, 5.74) is 1.09. The quantitative estimate of drug-likeness (QED) is 0.733. The Balaban J connectivity index is 2.32. The molecule has 1 amide bonds. The Hall–Kier alpha value is -2.10. The Kier molecular flexibility index (Phi) is 7.87. The van der Waals surface area contributed by atoms with Crippen LogP contribution in [0.25, 0.3) is 6.08 Å². The van der Waals surface area contributed by atoms with Gasteiger partial charge in [-0.3, -0.25) is 4.79 Å². The van der Waals surface area contributed by atoms with Crippen molar-refractivity contribution in [3.63, 3.8) is 0 Å². The predicted octanol–water partition coefficient (Wildman–Crippen LogP) is 3.24. The molecule has 0 saturated carbocycles. The van der Waals surface area contributed by atoms with Crippen molar-refractivity contribution in [3.05, 3.63) is 42.0 Å². The van der Waals surface area contributed by atoms with Crippen LogP contribution in [-0.2, 0) is 9.59 Å². The van der Waals surface area contributed by atoms with Gasteiger partial charge in [-0.2, -0.15) is 0 Å². The van der Waals surface area contributed by atoms with Crippen molar-refractivity contribution in [1.29, 1.82) is 0 Å². The number of carboxylic acid groups (broad SMARTS) is 1. The van der Waals surface area contributed by atoms with Gasteiger partial charge >= 0.3 is 5.97 Å². The average Bonchev–Trinajstić information content (AvgIpc) is 2.48. The fourth-order valence-electron chi connectivity index (χ4n) is 1.93. The van der Waals surface area contributed by atoms with Gasteiger partial charge in [0.05, 0.1) is 0 Å². The van der Waals surface area contributed by atoms with Crippen molar-refractivity contribution in [2.45, 2.75) is 45.1 Å². The predicted molar refractivity (Wildman–Crippen MR) is 83.8 cm³/mol. The normalized spacial score (nSPS) is 12.2. The van der Waals surface area contributed by atoms with Crippen molar-refractivity contribution in [3.8, 4) is 0 Å². The molecule has 1 aromatic carbocycles. The van der Waals surface area contributed by atoms with E-state index in [0.717, 1.165) is 18.4 Å². The van der Waals surface area contributed by atoms with E-state index in [1.54, 1.807) is 0 Å². The maximum atomic E-state index is 11.7. The molecule has 114 valence electrons. The molecule has 1 aromatic rings. The Morgan fingerprint density at radius 1 is 1.29 bits per heavy atom. The number of hydrogen-bond acceptors (Lipinski definition) is 2. The third-order valence-corrected chi connectivity index (χ3v) is 3.13. The number of carbonyl (C=O) groups excluding carboxylic acids is 1. The first-order chi connectivity index (χ1) is 10.1. The number of carbonyl (C=O) groups is 2. The number of aliphatic carboxylic acids is 1. The Morgan fingerprint density at radius 2 is 2.00 bits per heavy atom. The van der Waals surface area contributed by atoms with Gasteiger partial charge in [0.1, 0.15) is 6.04 Å². The summed E-state index contributed by atoms with van der Waals surface area (Å²) in [4.78, 5) is 22.8. The molecule has 4 heteroatoms. The molecule has 0 radical (unpaired) electrons. The summed E-state index contributed by atoms with van der Waals surface area (Å²) in [5, 5.41) is 11.6. The van der Waals surface area contributed by atoms with Gasteiger partial charge < -0.3 is 10.4 Å². The third kappa shape index (κ3) is 7.30. The molecule has 0 saturated heterocycles. The van der Waals surface area contributed by atoms with Gasteiger partial charge in [0.2, 0.25) is 5.91 Å². The minimum absolute atomic E-state index is 0.212. The van der Waals surface area contributed by atoms with Crippen LogP contribution in [0.2, 0.25) is 0 Å². The van der Waals surface area contributed by atoms with E-state index < -0.39 is 12.0 Å². The lowest BCUT2D eigenvalue weighted by Crippen LogP contribution is -2.40. The summed E-state index contributed by atoms with van der Waals surface area (Å²) in [6.45, 7) is 2.00. The molecule has 0 aliphatic carbocycles. The Morgan fingerprint density at radius 3 is 2.62 bits per heavy atom. The molecule has 4 nitrogen and oxygen atoms in total. The van der Waals surface area contributed by atoms with E-state index in [1.165, 1.54) is 0 Å². The Bertz CT molecular complexity index is 468. The highest BCUT2D eigenvalue weighted by atomic mass is 16.4. The van der Waals surface area contributed by atoms with Crippen LogP contribution in [-0.4, -0.2) is 23.0 Å². The fourth-order valence-corrected chi connectivity index (χ4v) is 1.93. The molecule has 2 N–H and O–H groups in total. The van der Waals surface area contributed by atoms with Crippen LogP contribution in [0.15, 0.2) is 36.4 Å². The molecular weight excluding hydrogens is 266 g/mol. The molecule has 0 fully saturated rings. The zero-order chi connectivity index (χ0) is 15.5. The van der Waals surface area contributed by atoms with Crippen LogP contribution in [0.4, 0.5) is 0 Å². The van der Waals surface area contributed by atoms with Crippen molar-refractivity contribution in [2.75, 3.05) is 0 Å². The molecule has 0 bridgehead atoms. The topological polar surface area (TPSA) is 66.4 Å². The number of nitrogens with one attached hydrogen (secondary N) is 1. The van der Waals surface area contributed by atoms with E-state index in [9.17, 15) is 9.59 Å². The molecule has 0 heterocycles. The van der Waals surface area contributed by atoms with E-state index in [4.69, 9.17) is 5.11 Å². The molecule has 0 aliphatic rings. The van der Waals surface area contributed by atoms with Gasteiger partial charge in [-0.05, 0) is 18.4 Å². The van der Waals surface area contributed by atoms with E-state index in [1.807, 2.05) is 49.4 Å². The molecule has 0 aromatic heterocycles. The molecule has 21 heavy (non-hydrogen) atoms. The molecule has 1 atom stereocenters. The summed E-state index contributed by atoms with van der Waals surface area (Å²) in [6.07, 6.45) is 6.98. The second-order valence-electron chi connectivity index (χ2n) is 4.95. The van der Waals surface area contributed by atoms with E-state index in [0.29, 0.717) is 19.3 Å². The summed E-state index contributed by atoms with van der Waals surface area (Å²) in [6, 6.07) is 9.07. The number of unbranched alkanes of at least 4 members (excludes halogenated alkanes) is 1. The fraction of sp³-hybridized carbons (Fsp3) is 0.412. The highest BCUT2D eigenvalue weighted by molar-refractivity contribution is 5.83. The first-order valence-electron chi connectivity index (χ1n) is 7.37. The molecule has 0 spiro atoms.